The van der Waals surface area contributed by atoms with Crippen molar-refractivity contribution in [3.63, 3.8) is 0 Å². The number of benzene rings is 2. The zero-order valence-electron chi connectivity index (χ0n) is 12.5. The van der Waals surface area contributed by atoms with Gasteiger partial charge in [-0.25, -0.2) is 0 Å². The summed E-state index contributed by atoms with van der Waals surface area (Å²) < 4.78 is 0. The van der Waals surface area contributed by atoms with Crippen LogP contribution in [0.3, 0.4) is 0 Å². The van der Waals surface area contributed by atoms with Crippen LogP contribution in [0.25, 0.3) is 0 Å². The number of carbonyl (C=O) groups excluding carboxylic acids is 2. The largest absolute Gasteiger partial charge is 0.326 e. The SMILES string of the molecule is CC(=O)Nc1ccc(NC(=O)CCc2ccc(Cl)c(Cl)c2)cc1. The van der Waals surface area contributed by atoms with E-state index in [2.05, 4.69) is 10.6 Å². The zero-order valence-corrected chi connectivity index (χ0v) is 14.0. The average molecular weight is 351 g/mol. The highest BCUT2D eigenvalue weighted by molar-refractivity contribution is 6.42. The average Bonchev–Trinajstić information content (AvgIpc) is 2.50. The van der Waals surface area contributed by atoms with E-state index < -0.39 is 0 Å². The van der Waals surface area contributed by atoms with Crippen LogP contribution in [0, 0.1) is 0 Å². The molecule has 2 rings (SSSR count). The van der Waals surface area contributed by atoms with Crippen LogP contribution < -0.4 is 10.6 Å². The Bertz CT molecular complexity index is 715. The van der Waals surface area contributed by atoms with Crippen molar-refractivity contribution in [3.05, 3.63) is 58.1 Å². The van der Waals surface area contributed by atoms with Gasteiger partial charge in [0.05, 0.1) is 10.0 Å². The van der Waals surface area contributed by atoms with Crippen molar-refractivity contribution in [2.45, 2.75) is 19.8 Å². The van der Waals surface area contributed by atoms with E-state index >= 15 is 0 Å². The third kappa shape index (κ3) is 5.58. The van der Waals surface area contributed by atoms with Gasteiger partial charge < -0.3 is 10.6 Å². The molecule has 0 atom stereocenters. The summed E-state index contributed by atoms with van der Waals surface area (Å²) in [4.78, 5) is 22.9. The molecule has 0 radical (unpaired) electrons. The van der Waals surface area contributed by atoms with Crippen LogP contribution in [0.5, 0.6) is 0 Å². The van der Waals surface area contributed by atoms with Gasteiger partial charge in [0.2, 0.25) is 11.8 Å². The van der Waals surface area contributed by atoms with E-state index in [0.29, 0.717) is 34.3 Å². The second-order valence-corrected chi connectivity index (χ2v) is 5.87. The Morgan fingerprint density at radius 1 is 0.913 bits per heavy atom. The highest BCUT2D eigenvalue weighted by atomic mass is 35.5. The molecular weight excluding hydrogens is 335 g/mol. The molecule has 2 amide bonds. The Labute approximate surface area is 144 Å². The second kappa shape index (κ2) is 7.99. The quantitative estimate of drug-likeness (QED) is 0.832. The van der Waals surface area contributed by atoms with Gasteiger partial charge in [-0.15, -0.1) is 0 Å². The fourth-order valence-electron chi connectivity index (χ4n) is 2.02. The highest BCUT2D eigenvalue weighted by Gasteiger charge is 2.05. The van der Waals surface area contributed by atoms with Crippen molar-refractivity contribution in [1.29, 1.82) is 0 Å². The van der Waals surface area contributed by atoms with Gasteiger partial charge >= 0.3 is 0 Å². The fraction of sp³-hybridized carbons (Fsp3) is 0.176. The van der Waals surface area contributed by atoms with Crippen LogP contribution in [-0.2, 0) is 16.0 Å². The molecule has 0 saturated heterocycles. The lowest BCUT2D eigenvalue weighted by atomic mass is 10.1. The molecule has 0 aliphatic heterocycles. The lowest BCUT2D eigenvalue weighted by Crippen LogP contribution is -2.12. The predicted molar refractivity (Wildman–Crippen MR) is 94.2 cm³/mol. The van der Waals surface area contributed by atoms with Gasteiger partial charge in [-0.05, 0) is 48.4 Å². The molecule has 2 aromatic carbocycles. The van der Waals surface area contributed by atoms with Gasteiger partial charge in [-0.3, -0.25) is 9.59 Å². The molecule has 0 bridgehead atoms. The van der Waals surface area contributed by atoms with E-state index in [1.54, 1.807) is 36.4 Å². The molecule has 4 nitrogen and oxygen atoms in total. The summed E-state index contributed by atoms with van der Waals surface area (Å²) in [6.07, 6.45) is 0.915. The molecule has 0 fully saturated rings. The summed E-state index contributed by atoms with van der Waals surface area (Å²) in [5, 5.41) is 6.46. The maximum absolute atomic E-state index is 12.0. The highest BCUT2D eigenvalue weighted by Crippen LogP contribution is 2.23. The van der Waals surface area contributed by atoms with Gasteiger partial charge in [0.15, 0.2) is 0 Å². The summed E-state index contributed by atoms with van der Waals surface area (Å²) in [7, 11) is 0. The number of hydrogen-bond acceptors (Lipinski definition) is 2. The Morgan fingerprint density at radius 3 is 2.09 bits per heavy atom. The Hall–Kier alpha value is -2.04. The third-order valence-corrected chi connectivity index (χ3v) is 3.85. The van der Waals surface area contributed by atoms with Crippen molar-refractivity contribution >= 4 is 46.4 Å². The summed E-state index contributed by atoms with van der Waals surface area (Å²) in [5.41, 5.74) is 2.32. The Morgan fingerprint density at radius 2 is 1.52 bits per heavy atom. The van der Waals surface area contributed by atoms with Crippen LogP contribution in [0.1, 0.15) is 18.9 Å². The number of rotatable bonds is 5. The van der Waals surface area contributed by atoms with Gasteiger partial charge in [0, 0.05) is 24.7 Å². The summed E-state index contributed by atoms with van der Waals surface area (Å²) in [5.74, 6) is -0.230. The Kier molecular flexibility index (Phi) is 6.02. The van der Waals surface area contributed by atoms with Crippen molar-refractivity contribution < 1.29 is 9.59 Å². The molecule has 0 heterocycles. The van der Waals surface area contributed by atoms with Gasteiger partial charge in [0.25, 0.3) is 0 Å². The molecule has 0 saturated carbocycles. The number of carbonyl (C=O) groups is 2. The number of anilines is 2. The lowest BCUT2D eigenvalue weighted by Gasteiger charge is -2.07. The first kappa shape index (κ1) is 17.3. The number of aryl methyl sites for hydroxylation is 1. The number of amides is 2. The minimum absolute atomic E-state index is 0.0941. The van der Waals surface area contributed by atoms with Crippen molar-refractivity contribution in [3.8, 4) is 0 Å². The van der Waals surface area contributed by atoms with Gasteiger partial charge in [-0.2, -0.15) is 0 Å². The van der Waals surface area contributed by atoms with Crippen LogP contribution in [-0.4, -0.2) is 11.8 Å². The molecule has 0 aliphatic rings. The Balaban J connectivity index is 1.86. The standard InChI is InChI=1S/C17H16Cl2N2O2/c1-11(22)20-13-4-6-14(7-5-13)21-17(23)9-3-12-2-8-15(18)16(19)10-12/h2,4-8,10H,3,9H2,1H3,(H,20,22)(H,21,23). The normalized spacial score (nSPS) is 10.2. The molecule has 0 unspecified atom stereocenters. The second-order valence-electron chi connectivity index (χ2n) is 5.06. The van der Waals surface area contributed by atoms with E-state index in [0.717, 1.165) is 5.56 Å². The monoisotopic (exact) mass is 350 g/mol. The molecule has 2 N–H and O–H groups in total. The van der Waals surface area contributed by atoms with Crippen molar-refractivity contribution in [2.75, 3.05) is 10.6 Å². The number of hydrogen-bond donors (Lipinski definition) is 2. The van der Waals surface area contributed by atoms with Crippen LogP contribution >= 0.6 is 23.2 Å². The predicted octanol–water partition coefficient (Wildman–Crippen LogP) is 4.52. The molecular formula is C17H16Cl2N2O2. The summed E-state index contributed by atoms with van der Waals surface area (Å²) in [6.45, 7) is 1.44. The van der Waals surface area contributed by atoms with Gasteiger partial charge in [0.1, 0.15) is 0 Å². The maximum atomic E-state index is 12.0. The van der Waals surface area contributed by atoms with E-state index in [-0.39, 0.29) is 11.8 Å². The van der Waals surface area contributed by atoms with E-state index in [1.807, 2.05) is 6.07 Å². The van der Waals surface area contributed by atoms with E-state index in [4.69, 9.17) is 23.2 Å². The summed E-state index contributed by atoms with van der Waals surface area (Å²) >= 11 is 11.8. The van der Waals surface area contributed by atoms with Crippen LogP contribution in [0.15, 0.2) is 42.5 Å². The molecule has 120 valence electrons. The first-order valence-electron chi connectivity index (χ1n) is 7.05. The maximum Gasteiger partial charge on any atom is 0.224 e. The van der Waals surface area contributed by atoms with Crippen LogP contribution in [0.4, 0.5) is 11.4 Å². The van der Waals surface area contributed by atoms with E-state index in [1.165, 1.54) is 6.92 Å². The molecule has 0 aromatic heterocycles. The van der Waals surface area contributed by atoms with E-state index in [9.17, 15) is 9.59 Å². The lowest BCUT2D eigenvalue weighted by molar-refractivity contribution is -0.116. The van der Waals surface area contributed by atoms with Crippen molar-refractivity contribution in [1.82, 2.24) is 0 Å². The first-order chi connectivity index (χ1) is 10.9. The van der Waals surface area contributed by atoms with Gasteiger partial charge in [-0.1, -0.05) is 29.3 Å². The smallest absolute Gasteiger partial charge is 0.224 e. The summed E-state index contributed by atoms with van der Waals surface area (Å²) in [6, 6.07) is 12.3. The van der Waals surface area contributed by atoms with Crippen LogP contribution in [0.2, 0.25) is 10.0 Å². The molecule has 0 spiro atoms. The topological polar surface area (TPSA) is 58.2 Å². The molecule has 6 heteroatoms. The number of halogens is 2. The third-order valence-electron chi connectivity index (χ3n) is 3.11. The fourth-order valence-corrected chi connectivity index (χ4v) is 2.34. The number of nitrogens with one attached hydrogen (secondary N) is 2. The minimum atomic E-state index is -0.136. The molecule has 23 heavy (non-hydrogen) atoms. The minimum Gasteiger partial charge on any atom is -0.326 e. The first-order valence-corrected chi connectivity index (χ1v) is 7.81. The van der Waals surface area contributed by atoms with Crippen molar-refractivity contribution in [2.24, 2.45) is 0 Å². The molecule has 2 aromatic rings. The molecule has 0 aliphatic carbocycles. The zero-order chi connectivity index (χ0) is 16.8.